The maximum atomic E-state index is 12.9. The van der Waals surface area contributed by atoms with E-state index in [4.69, 9.17) is 4.84 Å². The first-order valence-electron chi connectivity index (χ1n) is 6.74. The summed E-state index contributed by atoms with van der Waals surface area (Å²) in [5.41, 5.74) is 6.07. The van der Waals surface area contributed by atoms with Crippen LogP contribution in [0.4, 0.5) is 4.39 Å². The third-order valence-corrected chi connectivity index (χ3v) is 3.39. The summed E-state index contributed by atoms with van der Waals surface area (Å²) < 4.78 is 12.9. The highest BCUT2D eigenvalue weighted by Gasteiger charge is 2.17. The van der Waals surface area contributed by atoms with Crippen LogP contribution >= 0.6 is 0 Å². The third kappa shape index (κ3) is 3.06. The molecule has 0 radical (unpaired) electrons. The van der Waals surface area contributed by atoms with Crippen molar-refractivity contribution in [1.82, 2.24) is 5.48 Å². The predicted molar refractivity (Wildman–Crippen MR) is 77.1 cm³/mol. The molecular weight excluding hydrogens is 253 g/mol. The lowest BCUT2D eigenvalue weighted by molar-refractivity contribution is 0.0470. The van der Waals surface area contributed by atoms with Gasteiger partial charge in [-0.25, -0.2) is 4.39 Å². The number of benzene rings is 2. The maximum Gasteiger partial charge on any atom is 0.123 e. The minimum atomic E-state index is -0.228. The number of rotatable bonds is 4. The number of hydrogen-bond acceptors (Lipinski definition) is 2. The standard InChI is InChI=1S/C17H16FNO/c18-15-9-7-14(8-10-15)17-12-16(20-19-17)11-6-13-4-2-1-3-5-13/h1-5,7-10,12,16,19H,6,11H2. The molecule has 20 heavy (non-hydrogen) atoms. The minimum Gasteiger partial charge on any atom is -0.269 e. The Hall–Kier alpha value is -2.13. The van der Waals surface area contributed by atoms with Gasteiger partial charge in [0.05, 0.1) is 5.70 Å². The zero-order valence-electron chi connectivity index (χ0n) is 11.1. The molecule has 1 aliphatic heterocycles. The lowest BCUT2D eigenvalue weighted by Crippen LogP contribution is -2.12. The molecule has 0 saturated carbocycles. The summed E-state index contributed by atoms with van der Waals surface area (Å²) in [6, 6.07) is 16.7. The molecule has 0 aromatic heterocycles. The molecule has 0 amide bonds. The van der Waals surface area contributed by atoms with E-state index in [1.54, 1.807) is 12.1 Å². The molecule has 102 valence electrons. The fraction of sp³-hybridized carbons (Fsp3) is 0.176. The van der Waals surface area contributed by atoms with Crippen molar-refractivity contribution in [2.24, 2.45) is 0 Å². The zero-order chi connectivity index (χ0) is 13.8. The summed E-state index contributed by atoms with van der Waals surface area (Å²) >= 11 is 0. The highest BCUT2D eigenvalue weighted by molar-refractivity contribution is 5.64. The van der Waals surface area contributed by atoms with Gasteiger partial charge in [-0.1, -0.05) is 30.3 Å². The van der Waals surface area contributed by atoms with Crippen LogP contribution < -0.4 is 5.48 Å². The average molecular weight is 269 g/mol. The van der Waals surface area contributed by atoms with Gasteiger partial charge in [-0.3, -0.25) is 10.3 Å². The van der Waals surface area contributed by atoms with Crippen molar-refractivity contribution in [3.8, 4) is 0 Å². The average Bonchev–Trinajstić information content (AvgIpc) is 2.96. The Morgan fingerprint density at radius 1 is 1.00 bits per heavy atom. The van der Waals surface area contributed by atoms with Gasteiger partial charge in [-0.2, -0.15) is 0 Å². The van der Waals surface area contributed by atoms with Crippen LogP contribution in [-0.2, 0) is 11.3 Å². The van der Waals surface area contributed by atoms with Crippen LogP contribution in [0, 0.1) is 5.82 Å². The van der Waals surface area contributed by atoms with Gasteiger partial charge in [0.1, 0.15) is 11.9 Å². The second kappa shape index (κ2) is 5.88. The lowest BCUT2D eigenvalue weighted by atomic mass is 10.1. The van der Waals surface area contributed by atoms with Crippen LogP contribution in [0.3, 0.4) is 0 Å². The molecule has 2 aromatic rings. The summed E-state index contributed by atoms with van der Waals surface area (Å²) in [7, 11) is 0. The Kier molecular flexibility index (Phi) is 3.79. The first kappa shape index (κ1) is 12.9. The first-order valence-corrected chi connectivity index (χ1v) is 6.74. The van der Waals surface area contributed by atoms with Crippen molar-refractivity contribution >= 4 is 5.70 Å². The normalized spacial score (nSPS) is 17.6. The van der Waals surface area contributed by atoms with E-state index in [1.807, 2.05) is 18.2 Å². The van der Waals surface area contributed by atoms with Crippen molar-refractivity contribution in [2.75, 3.05) is 0 Å². The summed E-state index contributed by atoms with van der Waals surface area (Å²) in [6.45, 7) is 0. The quantitative estimate of drug-likeness (QED) is 0.913. The van der Waals surface area contributed by atoms with Gasteiger partial charge in [0.25, 0.3) is 0 Å². The van der Waals surface area contributed by atoms with Crippen LogP contribution in [0.25, 0.3) is 5.70 Å². The first-order chi connectivity index (χ1) is 9.81. The van der Waals surface area contributed by atoms with Gasteiger partial charge in [-0.05, 0) is 54.3 Å². The highest BCUT2D eigenvalue weighted by atomic mass is 19.1. The number of nitrogens with one attached hydrogen (secondary N) is 1. The topological polar surface area (TPSA) is 21.3 Å². The fourth-order valence-corrected chi connectivity index (χ4v) is 2.27. The van der Waals surface area contributed by atoms with Gasteiger partial charge in [-0.15, -0.1) is 0 Å². The van der Waals surface area contributed by atoms with E-state index >= 15 is 0 Å². The summed E-state index contributed by atoms with van der Waals surface area (Å²) in [5.74, 6) is -0.228. The maximum absolute atomic E-state index is 12.9. The SMILES string of the molecule is Fc1ccc(C2=CC(CCc3ccccc3)ON2)cc1. The second-order valence-corrected chi connectivity index (χ2v) is 4.87. The molecule has 1 unspecified atom stereocenters. The number of hydroxylamine groups is 1. The molecule has 3 heteroatoms. The van der Waals surface area contributed by atoms with Crippen molar-refractivity contribution in [3.63, 3.8) is 0 Å². The van der Waals surface area contributed by atoms with Crippen LogP contribution in [-0.4, -0.2) is 6.10 Å². The molecule has 0 aliphatic carbocycles. The van der Waals surface area contributed by atoms with E-state index < -0.39 is 0 Å². The molecule has 1 aliphatic rings. The van der Waals surface area contributed by atoms with Crippen LogP contribution in [0.5, 0.6) is 0 Å². The summed E-state index contributed by atoms with van der Waals surface area (Å²) in [5, 5.41) is 0. The van der Waals surface area contributed by atoms with Crippen LogP contribution in [0.15, 0.2) is 60.7 Å². The van der Waals surface area contributed by atoms with Crippen LogP contribution in [0.2, 0.25) is 0 Å². The molecule has 2 nitrogen and oxygen atoms in total. The molecule has 0 bridgehead atoms. The molecule has 3 rings (SSSR count). The second-order valence-electron chi connectivity index (χ2n) is 4.87. The Bertz CT molecular complexity index is 592. The smallest absolute Gasteiger partial charge is 0.123 e. The molecule has 1 atom stereocenters. The summed E-state index contributed by atoms with van der Waals surface area (Å²) in [6.07, 6.45) is 3.99. The van der Waals surface area contributed by atoms with Crippen molar-refractivity contribution < 1.29 is 9.23 Å². The molecule has 0 spiro atoms. The highest BCUT2D eigenvalue weighted by Crippen LogP contribution is 2.21. The largest absolute Gasteiger partial charge is 0.269 e. The molecule has 0 saturated heterocycles. The molecule has 1 heterocycles. The van der Waals surface area contributed by atoms with Crippen molar-refractivity contribution in [3.05, 3.63) is 77.6 Å². The summed E-state index contributed by atoms with van der Waals surface area (Å²) in [4.78, 5) is 5.54. The van der Waals surface area contributed by atoms with Crippen LogP contribution in [0.1, 0.15) is 17.5 Å². The molecule has 2 aromatic carbocycles. The van der Waals surface area contributed by atoms with Gasteiger partial charge in [0.2, 0.25) is 0 Å². The number of hydrogen-bond donors (Lipinski definition) is 1. The Labute approximate surface area is 117 Å². The van der Waals surface area contributed by atoms with E-state index in [1.165, 1.54) is 17.7 Å². The van der Waals surface area contributed by atoms with E-state index in [9.17, 15) is 4.39 Å². The Morgan fingerprint density at radius 2 is 1.75 bits per heavy atom. The molecule has 1 N–H and O–H groups in total. The van der Waals surface area contributed by atoms with E-state index in [2.05, 4.69) is 23.7 Å². The zero-order valence-corrected chi connectivity index (χ0v) is 11.1. The molecular formula is C17H16FNO. The predicted octanol–water partition coefficient (Wildman–Crippen LogP) is 3.70. The van der Waals surface area contributed by atoms with E-state index in [0.717, 1.165) is 24.1 Å². The van der Waals surface area contributed by atoms with Gasteiger partial charge < -0.3 is 0 Å². The third-order valence-electron chi connectivity index (χ3n) is 3.39. The monoisotopic (exact) mass is 269 g/mol. The van der Waals surface area contributed by atoms with Gasteiger partial charge in [0.15, 0.2) is 0 Å². The lowest BCUT2D eigenvalue weighted by Gasteiger charge is -2.07. The number of aryl methyl sites for hydroxylation is 1. The Balaban J connectivity index is 1.62. The number of halogens is 1. The Morgan fingerprint density at radius 3 is 2.50 bits per heavy atom. The van der Waals surface area contributed by atoms with E-state index in [0.29, 0.717) is 0 Å². The minimum absolute atomic E-state index is 0.0512. The van der Waals surface area contributed by atoms with Crippen molar-refractivity contribution in [1.29, 1.82) is 0 Å². The van der Waals surface area contributed by atoms with Crippen molar-refractivity contribution in [2.45, 2.75) is 18.9 Å². The van der Waals surface area contributed by atoms with Gasteiger partial charge >= 0.3 is 0 Å². The van der Waals surface area contributed by atoms with E-state index in [-0.39, 0.29) is 11.9 Å². The molecule has 0 fully saturated rings. The van der Waals surface area contributed by atoms with Gasteiger partial charge in [0, 0.05) is 0 Å². The fourth-order valence-electron chi connectivity index (χ4n) is 2.27.